The van der Waals surface area contributed by atoms with E-state index in [0.717, 1.165) is 16.8 Å². The molecule has 2 rings (SSSR count). The number of nitrogens with one attached hydrogen (secondary N) is 1. The van der Waals surface area contributed by atoms with Gasteiger partial charge >= 0.3 is 0 Å². The van der Waals surface area contributed by atoms with Crippen LogP contribution in [0.25, 0.3) is 0 Å². The standard InChI is InChI=1S/C18H20N2O2/c1-13-8-10-15(11-9-13)19-17(21)12-20(3)18(22)16-7-5-4-6-14(16)2/h4-11H,12H2,1-3H3,(H,19,21). The molecule has 4 nitrogen and oxygen atoms in total. The molecular weight excluding hydrogens is 276 g/mol. The highest BCUT2D eigenvalue weighted by Gasteiger charge is 2.16. The van der Waals surface area contributed by atoms with Crippen LogP contribution in [-0.4, -0.2) is 30.3 Å². The van der Waals surface area contributed by atoms with E-state index in [9.17, 15) is 9.59 Å². The largest absolute Gasteiger partial charge is 0.332 e. The number of amides is 2. The topological polar surface area (TPSA) is 49.4 Å². The third-order valence-electron chi connectivity index (χ3n) is 3.44. The molecule has 22 heavy (non-hydrogen) atoms. The number of carbonyl (C=O) groups excluding carboxylic acids is 2. The van der Waals surface area contributed by atoms with Crippen LogP contribution < -0.4 is 5.32 Å². The zero-order chi connectivity index (χ0) is 16.1. The van der Waals surface area contributed by atoms with E-state index in [0.29, 0.717) is 5.56 Å². The Balaban J connectivity index is 1.97. The summed E-state index contributed by atoms with van der Waals surface area (Å²) in [6, 6.07) is 14.9. The van der Waals surface area contributed by atoms with Gasteiger partial charge in [-0.25, -0.2) is 0 Å². The molecule has 2 aromatic carbocycles. The highest BCUT2D eigenvalue weighted by atomic mass is 16.2. The van der Waals surface area contributed by atoms with E-state index in [-0.39, 0.29) is 18.4 Å². The normalized spacial score (nSPS) is 10.1. The first-order valence-electron chi connectivity index (χ1n) is 7.15. The first-order valence-corrected chi connectivity index (χ1v) is 7.15. The zero-order valence-electron chi connectivity index (χ0n) is 13.1. The quantitative estimate of drug-likeness (QED) is 0.943. The van der Waals surface area contributed by atoms with Gasteiger partial charge in [-0.1, -0.05) is 35.9 Å². The van der Waals surface area contributed by atoms with E-state index in [1.807, 2.05) is 56.3 Å². The molecule has 0 radical (unpaired) electrons. The maximum atomic E-state index is 12.3. The third kappa shape index (κ3) is 3.95. The Bertz CT molecular complexity index is 678. The molecule has 0 spiro atoms. The van der Waals surface area contributed by atoms with Gasteiger partial charge in [0.05, 0.1) is 6.54 Å². The van der Waals surface area contributed by atoms with E-state index in [1.165, 1.54) is 4.90 Å². The summed E-state index contributed by atoms with van der Waals surface area (Å²) in [5, 5.41) is 2.79. The molecule has 0 saturated carbocycles. The molecule has 2 aromatic rings. The Kier molecular flexibility index (Phi) is 4.94. The highest BCUT2D eigenvalue weighted by molar-refractivity contribution is 5.99. The Morgan fingerprint density at radius 3 is 2.27 bits per heavy atom. The molecule has 0 aliphatic carbocycles. The van der Waals surface area contributed by atoms with Crippen LogP contribution in [0.1, 0.15) is 21.5 Å². The van der Waals surface area contributed by atoms with Crippen molar-refractivity contribution in [3.8, 4) is 0 Å². The maximum absolute atomic E-state index is 12.3. The summed E-state index contributed by atoms with van der Waals surface area (Å²) in [7, 11) is 1.63. The minimum absolute atomic E-state index is 0.0149. The minimum Gasteiger partial charge on any atom is -0.332 e. The molecule has 0 aliphatic heterocycles. The summed E-state index contributed by atoms with van der Waals surface area (Å²) < 4.78 is 0. The predicted octanol–water partition coefficient (Wildman–Crippen LogP) is 3.01. The smallest absolute Gasteiger partial charge is 0.254 e. The van der Waals surface area contributed by atoms with Gasteiger partial charge in [0.1, 0.15) is 0 Å². The van der Waals surface area contributed by atoms with E-state index in [2.05, 4.69) is 5.32 Å². The van der Waals surface area contributed by atoms with Gasteiger partial charge in [0.2, 0.25) is 5.91 Å². The van der Waals surface area contributed by atoms with Crippen LogP contribution in [0.2, 0.25) is 0 Å². The molecule has 0 fully saturated rings. The fraction of sp³-hybridized carbons (Fsp3) is 0.222. The summed E-state index contributed by atoms with van der Waals surface area (Å²) in [6.07, 6.45) is 0. The van der Waals surface area contributed by atoms with E-state index in [1.54, 1.807) is 13.1 Å². The Labute approximate surface area is 130 Å². The number of benzene rings is 2. The molecule has 0 atom stereocenters. The van der Waals surface area contributed by atoms with Crippen LogP contribution in [0.4, 0.5) is 5.69 Å². The lowest BCUT2D eigenvalue weighted by molar-refractivity contribution is -0.116. The van der Waals surface area contributed by atoms with Crippen molar-refractivity contribution in [3.05, 3.63) is 65.2 Å². The molecule has 0 aliphatic rings. The Morgan fingerprint density at radius 2 is 1.64 bits per heavy atom. The summed E-state index contributed by atoms with van der Waals surface area (Å²) in [4.78, 5) is 25.8. The SMILES string of the molecule is Cc1ccc(NC(=O)CN(C)C(=O)c2ccccc2C)cc1. The molecular formula is C18H20N2O2. The van der Waals surface area contributed by atoms with Crippen molar-refractivity contribution in [2.45, 2.75) is 13.8 Å². The monoisotopic (exact) mass is 296 g/mol. The predicted molar refractivity (Wildman–Crippen MR) is 87.9 cm³/mol. The number of likely N-dealkylation sites (N-methyl/N-ethyl adjacent to an activating group) is 1. The average molecular weight is 296 g/mol. The van der Waals surface area contributed by atoms with Gasteiger partial charge in [-0.3, -0.25) is 9.59 Å². The number of carbonyl (C=O) groups is 2. The Hall–Kier alpha value is -2.62. The number of hydrogen-bond donors (Lipinski definition) is 1. The minimum atomic E-state index is -0.215. The van der Waals surface area contributed by atoms with Crippen molar-refractivity contribution in [2.75, 3.05) is 18.9 Å². The molecule has 0 aromatic heterocycles. The molecule has 2 amide bonds. The second kappa shape index (κ2) is 6.89. The van der Waals surface area contributed by atoms with Gasteiger partial charge < -0.3 is 10.2 Å². The summed E-state index contributed by atoms with van der Waals surface area (Å²) in [6.45, 7) is 3.88. The Morgan fingerprint density at radius 1 is 1.00 bits per heavy atom. The van der Waals surface area contributed by atoms with Crippen LogP contribution in [0.15, 0.2) is 48.5 Å². The van der Waals surface area contributed by atoms with Crippen molar-refractivity contribution in [1.82, 2.24) is 4.90 Å². The van der Waals surface area contributed by atoms with Crippen LogP contribution >= 0.6 is 0 Å². The first kappa shape index (κ1) is 15.8. The third-order valence-corrected chi connectivity index (χ3v) is 3.44. The maximum Gasteiger partial charge on any atom is 0.254 e. The molecule has 0 unspecified atom stereocenters. The molecule has 1 N–H and O–H groups in total. The number of aryl methyl sites for hydroxylation is 2. The van der Waals surface area contributed by atoms with Gasteiger partial charge in [-0.05, 0) is 37.6 Å². The van der Waals surface area contributed by atoms with E-state index in [4.69, 9.17) is 0 Å². The van der Waals surface area contributed by atoms with Crippen LogP contribution in [0, 0.1) is 13.8 Å². The van der Waals surface area contributed by atoms with Crippen molar-refractivity contribution < 1.29 is 9.59 Å². The first-order chi connectivity index (χ1) is 10.5. The number of anilines is 1. The van der Waals surface area contributed by atoms with Crippen LogP contribution in [0.3, 0.4) is 0 Å². The number of hydrogen-bond acceptors (Lipinski definition) is 2. The van der Waals surface area contributed by atoms with Crippen molar-refractivity contribution in [1.29, 1.82) is 0 Å². The van der Waals surface area contributed by atoms with Gasteiger partial charge in [0.25, 0.3) is 5.91 Å². The van der Waals surface area contributed by atoms with Crippen molar-refractivity contribution >= 4 is 17.5 Å². The average Bonchev–Trinajstić information content (AvgIpc) is 2.49. The lowest BCUT2D eigenvalue weighted by atomic mass is 10.1. The fourth-order valence-electron chi connectivity index (χ4n) is 2.14. The summed E-state index contributed by atoms with van der Waals surface area (Å²) in [5.74, 6) is -0.370. The zero-order valence-corrected chi connectivity index (χ0v) is 13.1. The molecule has 4 heteroatoms. The van der Waals surface area contributed by atoms with Gasteiger partial charge in [-0.2, -0.15) is 0 Å². The van der Waals surface area contributed by atoms with Crippen LogP contribution in [0.5, 0.6) is 0 Å². The van der Waals surface area contributed by atoms with Gasteiger partial charge in [0.15, 0.2) is 0 Å². The van der Waals surface area contributed by atoms with Crippen LogP contribution in [-0.2, 0) is 4.79 Å². The fourth-order valence-corrected chi connectivity index (χ4v) is 2.14. The summed E-state index contributed by atoms with van der Waals surface area (Å²) in [5.41, 5.74) is 3.38. The van der Waals surface area contributed by atoms with E-state index < -0.39 is 0 Å². The number of nitrogens with zero attached hydrogens (tertiary/aromatic N) is 1. The van der Waals surface area contributed by atoms with Gasteiger partial charge in [0, 0.05) is 18.3 Å². The number of rotatable bonds is 4. The molecule has 0 heterocycles. The lowest BCUT2D eigenvalue weighted by Gasteiger charge is -2.18. The molecule has 0 saturated heterocycles. The lowest BCUT2D eigenvalue weighted by Crippen LogP contribution is -2.35. The molecule has 0 bridgehead atoms. The van der Waals surface area contributed by atoms with Gasteiger partial charge in [-0.15, -0.1) is 0 Å². The summed E-state index contributed by atoms with van der Waals surface area (Å²) >= 11 is 0. The second-order valence-electron chi connectivity index (χ2n) is 5.39. The van der Waals surface area contributed by atoms with Crippen molar-refractivity contribution in [2.24, 2.45) is 0 Å². The van der Waals surface area contributed by atoms with E-state index >= 15 is 0 Å². The molecule has 114 valence electrons. The van der Waals surface area contributed by atoms with Crippen molar-refractivity contribution in [3.63, 3.8) is 0 Å². The highest BCUT2D eigenvalue weighted by Crippen LogP contribution is 2.11. The second-order valence-corrected chi connectivity index (χ2v) is 5.39.